The molecule has 1 atom stereocenters. The van der Waals surface area contributed by atoms with E-state index < -0.39 is 0 Å². The molecule has 346 valence electrons. The lowest BCUT2D eigenvalue weighted by atomic mass is 9.76. The number of benzene rings is 3. The summed E-state index contributed by atoms with van der Waals surface area (Å²) >= 11 is 0. The van der Waals surface area contributed by atoms with Gasteiger partial charge in [-0.2, -0.15) is 0 Å². The molecule has 0 spiro atoms. The maximum absolute atomic E-state index is 11.4. The Kier molecular flexibility index (Phi) is 18.8. The Morgan fingerprint density at radius 1 is 0.538 bits per heavy atom. The van der Waals surface area contributed by atoms with E-state index in [2.05, 4.69) is 89.6 Å². The highest BCUT2D eigenvalue weighted by Crippen LogP contribution is 2.39. The van der Waals surface area contributed by atoms with E-state index in [0.717, 1.165) is 58.1 Å². The average molecular weight is 889 g/mol. The number of aromatic nitrogens is 3. The molecule has 0 radical (unpaired) electrons. The molecule has 0 amide bonds. The van der Waals surface area contributed by atoms with E-state index in [1.165, 1.54) is 0 Å². The second-order valence-corrected chi connectivity index (χ2v) is 15.5. The van der Waals surface area contributed by atoms with Crippen LogP contribution in [0.25, 0.3) is 0 Å². The Hall–Kier alpha value is -6.25. The van der Waals surface area contributed by atoms with Gasteiger partial charge in [0.05, 0.1) is 63.7 Å². The number of carbonyl (C=O) groups excluding carboxylic acids is 1. The number of rotatable bonds is 31. The van der Waals surface area contributed by atoms with Crippen molar-refractivity contribution in [2.75, 3.05) is 86.3 Å². The lowest BCUT2D eigenvalue weighted by Gasteiger charge is -2.32. The number of H-pyrrole nitrogens is 3. The van der Waals surface area contributed by atoms with Crippen molar-refractivity contribution in [2.24, 2.45) is 0 Å². The van der Waals surface area contributed by atoms with Gasteiger partial charge < -0.3 is 58.2 Å². The second kappa shape index (κ2) is 25.3. The number of aldehydes is 1. The molecule has 0 aliphatic heterocycles. The van der Waals surface area contributed by atoms with Crippen LogP contribution in [0.3, 0.4) is 0 Å². The van der Waals surface area contributed by atoms with E-state index in [1.807, 2.05) is 68.1 Å². The predicted octanol–water partition coefficient (Wildman–Crippen LogP) is 8.64. The number of carbonyl (C=O) groups is 1. The Morgan fingerprint density at radius 3 is 1.43 bits per heavy atom. The van der Waals surface area contributed by atoms with Crippen LogP contribution in [0.1, 0.15) is 65.8 Å². The fourth-order valence-electron chi connectivity index (χ4n) is 7.70. The number of likely N-dealkylation sites (N-methyl/N-ethyl adjacent to an activating group) is 1. The third-order valence-electron chi connectivity index (χ3n) is 11.3. The van der Waals surface area contributed by atoms with Crippen molar-refractivity contribution in [2.45, 2.75) is 38.0 Å². The fraction of sp³-hybridized carbons (Fsp3) is 0.365. The van der Waals surface area contributed by atoms with Crippen LogP contribution in [-0.4, -0.2) is 108 Å². The van der Waals surface area contributed by atoms with Crippen molar-refractivity contribution in [3.8, 4) is 23.0 Å². The van der Waals surface area contributed by atoms with Crippen molar-refractivity contribution in [1.82, 2.24) is 20.3 Å². The quantitative estimate of drug-likeness (QED) is 0.0247. The molecule has 6 rings (SSSR count). The SMILES string of the molecule is CC/C=C(\NC)C(C)(c1ccc(OCCOCCOCCOc2cc(C=O)ccc2OCCOCCOCCOc2ccc(C(C)(c3ccc[nH]3)c3ccc[nH]3)cc2)cc1)c1ccc[nH]1. The van der Waals surface area contributed by atoms with E-state index in [9.17, 15) is 4.79 Å². The molecule has 13 nitrogen and oxygen atoms in total. The summed E-state index contributed by atoms with van der Waals surface area (Å²) in [6.45, 7) is 11.2. The Balaban J connectivity index is 0.798. The first kappa shape index (κ1) is 48.2. The Bertz CT molecular complexity index is 2220. The maximum Gasteiger partial charge on any atom is 0.162 e. The molecule has 0 aliphatic carbocycles. The third-order valence-corrected chi connectivity index (χ3v) is 11.3. The van der Waals surface area contributed by atoms with Crippen molar-refractivity contribution in [3.05, 3.63) is 167 Å². The second-order valence-electron chi connectivity index (χ2n) is 15.5. The highest BCUT2D eigenvalue weighted by atomic mass is 16.6. The molecule has 1 unspecified atom stereocenters. The lowest BCUT2D eigenvalue weighted by Crippen LogP contribution is -2.33. The molecule has 3 aromatic carbocycles. The van der Waals surface area contributed by atoms with E-state index >= 15 is 0 Å². The van der Waals surface area contributed by atoms with Gasteiger partial charge in [-0.25, -0.2) is 0 Å². The summed E-state index contributed by atoms with van der Waals surface area (Å²) in [4.78, 5) is 21.6. The summed E-state index contributed by atoms with van der Waals surface area (Å²) in [7, 11) is 1.96. The molecule has 0 saturated heterocycles. The molecular formula is C52H64N4O9. The number of nitrogens with one attached hydrogen (secondary N) is 4. The van der Waals surface area contributed by atoms with Crippen molar-refractivity contribution in [1.29, 1.82) is 0 Å². The highest BCUT2D eigenvalue weighted by molar-refractivity contribution is 5.76. The van der Waals surface area contributed by atoms with E-state index in [-0.39, 0.29) is 17.4 Å². The van der Waals surface area contributed by atoms with Crippen LogP contribution < -0.4 is 24.3 Å². The monoisotopic (exact) mass is 888 g/mol. The number of ether oxygens (including phenoxy) is 8. The minimum atomic E-state index is -0.352. The number of allylic oxidation sites excluding steroid dienone is 2. The van der Waals surface area contributed by atoms with Gasteiger partial charge in [-0.15, -0.1) is 0 Å². The Morgan fingerprint density at radius 2 is 0.985 bits per heavy atom. The van der Waals surface area contributed by atoms with E-state index in [4.69, 9.17) is 37.9 Å². The summed E-state index contributed by atoms with van der Waals surface area (Å²) in [5, 5.41) is 3.40. The van der Waals surface area contributed by atoms with Gasteiger partial charge in [0, 0.05) is 54.0 Å². The smallest absolute Gasteiger partial charge is 0.162 e. The molecule has 0 bridgehead atoms. The zero-order chi connectivity index (χ0) is 45.6. The standard InChI is InChI=1S/C52H64N4O9/c1-5-9-47(53-4)51(2,48-10-6-23-54-48)41-14-18-43(19-15-41)62-34-30-59-27-29-61-33-37-65-46-38-40(39-57)13-22-45(46)64-36-32-60-28-26-58-31-35-63-44-20-16-42(17-21-44)52(3,49-11-7-24-55-49)50-12-8-25-56-50/h6-25,38-39,53-56H,5,26-37H2,1-4H3/b47-9-. The minimum Gasteiger partial charge on any atom is -0.491 e. The molecule has 0 aliphatic rings. The van der Waals surface area contributed by atoms with Gasteiger partial charge in [0.1, 0.15) is 44.2 Å². The van der Waals surface area contributed by atoms with Gasteiger partial charge in [0.2, 0.25) is 0 Å². The highest BCUT2D eigenvalue weighted by Gasteiger charge is 2.34. The normalized spacial score (nSPS) is 12.7. The predicted molar refractivity (Wildman–Crippen MR) is 252 cm³/mol. The Labute approximate surface area is 382 Å². The summed E-state index contributed by atoms with van der Waals surface area (Å²) in [5.74, 6) is 2.53. The van der Waals surface area contributed by atoms with Gasteiger partial charge in [-0.3, -0.25) is 4.79 Å². The van der Waals surface area contributed by atoms with Crippen molar-refractivity contribution >= 4 is 6.29 Å². The molecule has 4 N–H and O–H groups in total. The number of hydrogen-bond donors (Lipinski definition) is 4. The van der Waals surface area contributed by atoms with Crippen molar-refractivity contribution < 1.29 is 42.7 Å². The molecular weight excluding hydrogens is 825 g/mol. The first-order chi connectivity index (χ1) is 31.9. The average Bonchev–Trinajstić information content (AvgIpc) is 4.19. The van der Waals surface area contributed by atoms with Crippen LogP contribution in [-0.2, 0) is 29.8 Å². The topological polar surface area (TPSA) is 150 Å². The first-order valence-corrected chi connectivity index (χ1v) is 22.3. The van der Waals surface area contributed by atoms with Gasteiger partial charge in [0.25, 0.3) is 0 Å². The third kappa shape index (κ3) is 13.2. The van der Waals surface area contributed by atoms with Crippen LogP contribution in [0.15, 0.2) is 133 Å². The summed E-state index contributed by atoms with van der Waals surface area (Å²) in [6, 6.07) is 33.8. The first-order valence-electron chi connectivity index (χ1n) is 22.3. The van der Waals surface area contributed by atoms with Gasteiger partial charge >= 0.3 is 0 Å². The molecule has 65 heavy (non-hydrogen) atoms. The van der Waals surface area contributed by atoms with Crippen LogP contribution >= 0.6 is 0 Å². The van der Waals surface area contributed by atoms with Gasteiger partial charge in [0.15, 0.2) is 11.5 Å². The van der Waals surface area contributed by atoms with Crippen LogP contribution in [0.2, 0.25) is 0 Å². The number of aromatic amines is 3. The fourth-order valence-corrected chi connectivity index (χ4v) is 7.70. The molecule has 3 aromatic heterocycles. The minimum absolute atomic E-state index is 0.273. The van der Waals surface area contributed by atoms with E-state index in [0.29, 0.717) is 89.7 Å². The van der Waals surface area contributed by atoms with Crippen LogP contribution in [0, 0.1) is 0 Å². The van der Waals surface area contributed by atoms with Crippen LogP contribution in [0.4, 0.5) is 0 Å². The molecule has 13 heteroatoms. The number of hydrogen-bond acceptors (Lipinski definition) is 10. The van der Waals surface area contributed by atoms with E-state index in [1.54, 1.807) is 18.2 Å². The molecule has 6 aromatic rings. The lowest BCUT2D eigenvalue weighted by molar-refractivity contribution is 0.0247. The summed E-state index contributed by atoms with van der Waals surface area (Å²) < 4.78 is 46.5. The molecule has 0 saturated carbocycles. The molecule has 0 fully saturated rings. The zero-order valence-corrected chi connectivity index (χ0v) is 38.1. The zero-order valence-electron chi connectivity index (χ0n) is 38.1. The van der Waals surface area contributed by atoms with Crippen LogP contribution in [0.5, 0.6) is 23.0 Å². The largest absolute Gasteiger partial charge is 0.491 e. The van der Waals surface area contributed by atoms with Gasteiger partial charge in [-0.05, 0) is 110 Å². The van der Waals surface area contributed by atoms with Gasteiger partial charge in [-0.1, -0.05) is 37.3 Å². The molecule has 3 heterocycles. The summed E-state index contributed by atoms with van der Waals surface area (Å²) in [5.41, 5.74) is 6.54. The summed E-state index contributed by atoms with van der Waals surface area (Å²) in [6.07, 6.45) is 9.77. The van der Waals surface area contributed by atoms with Crippen molar-refractivity contribution in [3.63, 3.8) is 0 Å². The maximum atomic E-state index is 11.4.